The maximum Gasteiger partial charge on any atom is 0.0618 e. The van der Waals surface area contributed by atoms with Crippen LogP contribution in [0.3, 0.4) is 0 Å². The minimum Gasteiger partial charge on any atom is -0.383 e. The number of nitrogens with one attached hydrogen (secondary N) is 1. The normalized spacial score (nSPS) is 29.2. The third-order valence-corrected chi connectivity index (χ3v) is 3.64. The molecule has 1 saturated heterocycles. The number of hydrogen-bond donors (Lipinski definition) is 1. The number of rotatable bonds is 6. The highest BCUT2D eigenvalue weighted by atomic mass is 16.5. The maximum atomic E-state index is 5.36. The second kappa shape index (κ2) is 7.25. The van der Waals surface area contributed by atoms with Crippen molar-refractivity contribution in [3.8, 4) is 0 Å². The highest BCUT2D eigenvalue weighted by Gasteiger charge is 2.29. The predicted molar refractivity (Wildman–Crippen MR) is 68.8 cm³/mol. The summed E-state index contributed by atoms with van der Waals surface area (Å²) in [5, 5.41) is 3.61. The minimum absolute atomic E-state index is 0.598. The Morgan fingerprint density at radius 3 is 2.75 bits per heavy atom. The molecule has 0 aromatic carbocycles. The van der Waals surface area contributed by atoms with Crippen molar-refractivity contribution < 1.29 is 4.74 Å². The fourth-order valence-corrected chi connectivity index (χ4v) is 2.61. The fraction of sp³-hybridized carbons (Fsp3) is 1.00. The van der Waals surface area contributed by atoms with Gasteiger partial charge in [-0.2, -0.15) is 0 Å². The van der Waals surface area contributed by atoms with Crippen molar-refractivity contribution in [2.75, 3.05) is 26.8 Å². The van der Waals surface area contributed by atoms with Crippen LogP contribution in [0, 0.1) is 0 Å². The van der Waals surface area contributed by atoms with E-state index < -0.39 is 0 Å². The summed E-state index contributed by atoms with van der Waals surface area (Å²) in [6, 6.07) is 1.89. The average molecular weight is 228 g/mol. The summed E-state index contributed by atoms with van der Waals surface area (Å²) in [6.45, 7) is 9.99. The van der Waals surface area contributed by atoms with Crippen molar-refractivity contribution in [2.24, 2.45) is 0 Å². The summed E-state index contributed by atoms with van der Waals surface area (Å²) in [5.41, 5.74) is 0. The zero-order chi connectivity index (χ0) is 12.0. The van der Waals surface area contributed by atoms with Crippen molar-refractivity contribution in [1.29, 1.82) is 0 Å². The van der Waals surface area contributed by atoms with Gasteiger partial charge >= 0.3 is 0 Å². The number of hydrogen-bond acceptors (Lipinski definition) is 3. The van der Waals surface area contributed by atoms with E-state index >= 15 is 0 Å². The topological polar surface area (TPSA) is 24.5 Å². The van der Waals surface area contributed by atoms with Crippen molar-refractivity contribution >= 4 is 0 Å². The van der Waals surface area contributed by atoms with E-state index in [0.29, 0.717) is 18.1 Å². The first-order valence-corrected chi connectivity index (χ1v) is 6.70. The van der Waals surface area contributed by atoms with Crippen molar-refractivity contribution in [1.82, 2.24) is 10.2 Å². The molecule has 3 heteroatoms. The van der Waals surface area contributed by atoms with Crippen LogP contribution in [0.15, 0.2) is 0 Å². The Morgan fingerprint density at radius 2 is 2.19 bits per heavy atom. The van der Waals surface area contributed by atoms with Crippen LogP contribution in [0.2, 0.25) is 0 Å². The molecule has 1 heterocycles. The molecular weight excluding hydrogens is 200 g/mol. The number of ether oxygens (including phenoxy) is 1. The Hall–Kier alpha value is -0.120. The minimum atomic E-state index is 0.598. The summed E-state index contributed by atoms with van der Waals surface area (Å²) in [5.74, 6) is 0. The first kappa shape index (κ1) is 13.9. The molecule has 3 nitrogen and oxygen atoms in total. The van der Waals surface area contributed by atoms with Gasteiger partial charge in [-0.15, -0.1) is 0 Å². The first-order valence-electron chi connectivity index (χ1n) is 6.70. The smallest absolute Gasteiger partial charge is 0.0618 e. The molecule has 3 atom stereocenters. The van der Waals surface area contributed by atoms with Crippen LogP contribution >= 0.6 is 0 Å². The van der Waals surface area contributed by atoms with Gasteiger partial charge in [-0.05, 0) is 19.8 Å². The fourth-order valence-electron chi connectivity index (χ4n) is 2.61. The van der Waals surface area contributed by atoms with Gasteiger partial charge in [0.15, 0.2) is 0 Å². The largest absolute Gasteiger partial charge is 0.383 e. The molecule has 0 amide bonds. The van der Waals surface area contributed by atoms with E-state index in [2.05, 4.69) is 31.0 Å². The molecule has 1 rings (SSSR count). The highest BCUT2D eigenvalue weighted by Crippen LogP contribution is 2.16. The quantitative estimate of drug-likeness (QED) is 0.751. The molecule has 1 fully saturated rings. The van der Waals surface area contributed by atoms with Crippen molar-refractivity contribution in [2.45, 2.75) is 58.2 Å². The summed E-state index contributed by atoms with van der Waals surface area (Å²) >= 11 is 0. The SMILES string of the molecule is CCCC(COC)N1CC(CC)NCC1C. The van der Waals surface area contributed by atoms with Gasteiger partial charge in [-0.25, -0.2) is 0 Å². The molecule has 1 aliphatic heterocycles. The number of methoxy groups -OCH3 is 1. The van der Waals surface area contributed by atoms with Crippen LogP contribution in [0.1, 0.15) is 40.0 Å². The molecule has 1 N–H and O–H groups in total. The van der Waals surface area contributed by atoms with Gasteiger partial charge in [-0.1, -0.05) is 20.3 Å². The molecule has 3 unspecified atom stereocenters. The molecule has 0 aromatic heterocycles. The van der Waals surface area contributed by atoms with Gasteiger partial charge in [0.25, 0.3) is 0 Å². The lowest BCUT2D eigenvalue weighted by atomic mass is 10.0. The molecule has 0 aliphatic carbocycles. The van der Waals surface area contributed by atoms with Crippen molar-refractivity contribution in [3.05, 3.63) is 0 Å². The van der Waals surface area contributed by atoms with Crippen LogP contribution < -0.4 is 5.32 Å². The molecule has 16 heavy (non-hydrogen) atoms. The molecule has 0 bridgehead atoms. The Kier molecular flexibility index (Phi) is 6.32. The van der Waals surface area contributed by atoms with E-state index in [0.717, 1.165) is 13.2 Å². The molecule has 96 valence electrons. The van der Waals surface area contributed by atoms with Gasteiger partial charge in [0.05, 0.1) is 6.61 Å². The van der Waals surface area contributed by atoms with Crippen LogP contribution in [0.4, 0.5) is 0 Å². The molecule has 0 aromatic rings. The third kappa shape index (κ3) is 3.72. The van der Waals surface area contributed by atoms with Gasteiger partial charge in [0, 0.05) is 38.3 Å². The van der Waals surface area contributed by atoms with E-state index in [9.17, 15) is 0 Å². The molecule has 0 spiro atoms. The summed E-state index contributed by atoms with van der Waals surface area (Å²) in [7, 11) is 1.81. The molecule has 1 aliphatic rings. The summed E-state index contributed by atoms with van der Waals surface area (Å²) in [4.78, 5) is 2.64. The van der Waals surface area contributed by atoms with E-state index in [4.69, 9.17) is 4.74 Å². The lowest BCUT2D eigenvalue weighted by molar-refractivity contribution is 0.0342. The third-order valence-electron chi connectivity index (χ3n) is 3.64. The Morgan fingerprint density at radius 1 is 1.44 bits per heavy atom. The second-order valence-electron chi connectivity index (χ2n) is 4.96. The maximum absolute atomic E-state index is 5.36. The lowest BCUT2D eigenvalue weighted by Gasteiger charge is -2.43. The van der Waals surface area contributed by atoms with Gasteiger partial charge in [-0.3, -0.25) is 4.90 Å². The summed E-state index contributed by atoms with van der Waals surface area (Å²) < 4.78 is 5.36. The Balaban J connectivity index is 2.56. The van der Waals surface area contributed by atoms with E-state index in [1.165, 1.54) is 25.8 Å². The van der Waals surface area contributed by atoms with Crippen LogP contribution in [0.5, 0.6) is 0 Å². The van der Waals surface area contributed by atoms with Gasteiger partial charge in [0.2, 0.25) is 0 Å². The zero-order valence-electron chi connectivity index (χ0n) is 11.3. The van der Waals surface area contributed by atoms with Gasteiger partial charge < -0.3 is 10.1 Å². The average Bonchev–Trinajstić information content (AvgIpc) is 2.29. The van der Waals surface area contributed by atoms with E-state index in [1.54, 1.807) is 0 Å². The van der Waals surface area contributed by atoms with Crippen LogP contribution in [-0.2, 0) is 4.74 Å². The first-order chi connectivity index (χ1) is 7.72. The standard InChI is InChI=1S/C13H28N2O/c1-5-7-13(10-16-4)15-9-12(6-2)14-8-11(15)3/h11-14H,5-10H2,1-4H3. The van der Waals surface area contributed by atoms with Crippen LogP contribution in [0.25, 0.3) is 0 Å². The Labute approximate surface area is 101 Å². The second-order valence-corrected chi connectivity index (χ2v) is 4.96. The number of nitrogens with zero attached hydrogens (tertiary/aromatic N) is 1. The van der Waals surface area contributed by atoms with Crippen LogP contribution in [-0.4, -0.2) is 49.8 Å². The van der Waals surface area contributed by atoms with E-state index in [-0.39, 0.29) is 0 Å². The zero-order valence-corrected chi connectivity index (χ0v) is 11.3. The highest BCUT2D eigenvalue weighted by molar-refractivity contribution is 4.87. The monoisotopic (exact) mass is 228 g/mol. The lowest BCUT2D eigenvalue weighted by Crippen LogP contribution is -2.59. The molecular formula is C13H28N2O. The van der Waals surface area contributed by atoms with Crippen molar-refractivity contribution in [3.63, 3.8) is 0 Å². The molecule has 0 radical (unpaired) electrons. The van der Waals surface area contributed by atoms with E-state index in [1.807, 2.05) is 7.11 Å². The Bertz CT molecular complexity index is 181. The van der Waals surface area contributed by atoms with Gasteiger partial charge in [0.1, 0.15) is 0 Å². The summed E-state index contributed by atoms with van der Waals surface area (Å²) in [6.07, 6.45) is 3.70. The molecule has 0 saturated carbocycles. The predicted octanol–water partition coefficient (Wildman–Crippen LogP) is 1.87. The number of piperazine rings is 1.